The number of nitrogens with zero attached hydrogens (tertiary/aromatic N) is 1. The van der Waals surface area contributed by atoms with Crippen LogP contribution in [0, 0.1) is 11.6 Å². The Morgan fingerprint density at radius 3 is 2.55 bits per heavy atom. The molecule has 0 atom stereocenters. The number of aromatic nitrogens is 2. The number of aromatic amines is 1. The molecule has 0 amide bonds. The summed E-state index contributed by atoms with van der Waals surface area (Å²) in [5.74, 6) is -0.588. The molecule has 0 unspecified atom stereocenters. The second-order valence-electron chi connectivity index (χ2n) is 4.30. The Labute approximate surface area is 114 Å². The zero-order chi connectivity index (χ0) is 14.1. The van der Waals surface area contributed by atoms with Crippen molar-refractivity contribution in [3.8, 4) is 17.1 Å². The van der Waals surface area contributed by atoms with Crippen LogP contribution in [0.2, 0.25) is 0 Å². The number of imidazole rings is 1. The molecule has 102 valence electrons. The van der Waals surface area contributed by atoms with Crippen molar-refractivity contribution >= 4 is 11.0 Å². The number of rotatable bonds is 3. The molecule has 0 fully saturated rings. The first kappa shape index (κ1) is 12.6. The smallest absolute Gasteiger partial charge is 0.186 e. The fourth-order valence-corrected chi connectivity index (χ4v) is 2.03. The molecule has 0 aliphatic heterocycles. The van der Waals surface area contributed by atoms with E-state index in [2.05, 4.69) is 9.97 Å². The summed E-state index contributed by atoms with van der Waals surface area (Å²) < 4.78 is 32.1. The van der Waals surface area contributed by atoms with Gasteiger partial charge < -0.3 is 9.72 Å². The van der Waals surface area contributed by atoms with E-state index in [-0.39, 0.29) is 5.52 Å². The Balaban J connectivity index is 2.03. The molecule has 0 aliphatic rings. The number of nitrogens with one attached hydrogen (secondary N) is 1. The van der Waals surface area contributed by atoms with Gasteiger partial charge in [-0.05, 0) is 43.3 Å². The molecule has 0 radical (unpaired) electrons. The number of hydrogen-bond acceptors (Lipinski definition) is 2. The van der Waals surface area contributed by atoms with Crippen molar-refractivity contribution in [1.82, 2.24) is 9.97 Å². The topological polar surface area (TPSA) is 37.9 Å². The third-order valence-corrected chi connectivity index (χ3v) is 2.98. The van der Waals surface area contributed by atoms with Crippen LogP contribution in [0.4, 0.5) is 8.78 Å². The SMILES string of the molecule is CCOc1ccc(-c2nc3c(F)c(F)ccc3[nH]2)cc1. The quantitative estimate of drug-likeness (QED) is 0.786. The maximum absolute atomic E-state index is 13.6. The van der Waals surface area contributed by atoms with Crippen LogP contribution in [-0.2, 0) is 0 Å². The van der Waals surface area contributed by atoms with Gasteiger partial charge in [0.15, 0.2) is 11.6 Å². The van der Waals surface area contributed by atoms with Gasteiger partial charge in [-0.25, -0.2) is 13.8 Å². The first-order valence-electron chi connectivity index (χ1n) is 6.26. The molecule has 5 heteroatoms. The van der Waals surface area contributed by atoms with E-state index in [4.69, 9.17) is 4.74 Å². The van der Waals surface area contributed by atoms with Crippen molar-refractivity contribution in [2.45, 2.75) is 6.92 Å². The average Bonchev–Trinajstić information content (AvgIpc) is 2.89. The zero-order valence-electron chi connectivity index (χ0n) is 10.8. The van der Waals surface area contributed by atoms with Gasteiger partial charge in [-0.1, -0.05) is 0 Å². The van der Waals surface area contributed by atoms with E-state index in [0.717, 1.165) is 17.4 Å². The highest BCUT2D eigenvalue weighted by atomic mass is 19.2. The van der Waals surface area contributed by atoms with Gasteiger partial charge in [-0.15, -0.1) is 0 Å². The summed E-state index contributed by atoms with van der Waals surface area (Å²) in [6.07, 6.45) is 0. The molecule has 3 aromatic rings. The molecule has 3 nitrogen and oxygen atoms in total. The molecule has 0 aliphatic carbocycles. The second-order valence-corrected chi connectivity index (χ2v) is 4.30. The maximum atomic E-state index is 13.6. The third-order valence-electron chi connectivity index (χ3n) is 2.98. The molecule has 1 heterocycles. The van der Waals surface area contributed by atoms with Gasteiger partial charge >= 0.3 is 0 Å². The van der Waals surface area contributed by atoms with Gasteiger partial charge in [-0.3, -0.25) is 0 Å². The molecular weight excluding hydrogens is 262 g/mol. The van der Waals surface area contributed by atoms with Crippen LogP contribution >= 0.6 is 0 Å². The van der Waals surface area contributed by atoms with Crippen LogP contribution < -0.4 is 4.74 Å². The number of benzene rings is 2. The first-order chi connectivity index (χ1) is 9.69. The lowest BCUT2D eigenvalue weighted by molar-refractivity contribution is 0.340. The Morgan fingerprint density at radius 1 is 1.10 bits per heavy atom. The van der Waals surface area contributed by atoms with Crippen LogP contribution in [0.5, 0.6) is 5.75 Å². The Bertz CT molecular complexity index is 750. The van der Waals surface area contributed by atoms with Crippen molar-refractivity contribution in [3.05, 3.63) is 48.0 Å². The summed E-state index contributed by atoms with van der Waals surface area (Å²) in [6.45, 7) is 2.50. The van der Waals surface area contributed by atoms with E-state index < -0.39 is 11.6 Å². The summed E-state index contributed by atoms with van der Waals surface area (Å²) in [6, 6.07) is 9.80. The number of halogens is 2. The lowest BCUT2D eigenvalue weighted by Crippen LogP contribution is -1.90. The minimum atomic E-state index is -0.934. The van der Waals surface area contributed by atoms with E-state index in [1.54, 1.807) is 0 Å². The predicted octanol–water partition coefficient (Wildman–Crippen LogP) is 3.91. The molecule has 3 rings (SSSR count). The molecule has 1 aromatic heterocycles. The first-order valence-corrected chi connectivity index (χ1v) is 6.26. The molecule has 1 N–H and O–H groups in total. The van der Waals surface area contributed by atoms with Crippen molar-refractivity contribution in [1.29, 1.82) is 0 Å². The van der Waals surface area contributed by atoms with E-state index >= 15 is 0 Å². The molecule has 20 heavy (non-hydrogen) atoms. The molecule has 0 saturated heterocycles. The monoisotopic (exact) mass is 274 g/mol. The average molecular weight is 274 g/mol. The Morgan fingerprint density at radius 2 is 1.85 bits per heavy atom. The van der Waals surface area contributed by atoms with E-state index in [1.807, 2.05) is 31.2 Å². The highest BCUT2D eigenvalue weighted by Gasteiger charge is 2.12. The normalized spacial score (nSPS) is 10.9. The fourth-order valence-electron chi connectivity index (χ4n) is 2.03. The Kier molecular flexibility index (Phi) is 3.10. The molecule has 0 bridgehead atoms. The molecular formula is C15H12F2N2O. The van der Waals surface area contributed by atoms with Crippen molar-refractivity contribution < 1.29 is 13.5 Å². The van der Waals surface area contributed by atoms with Gasteiger partial charge in [-0.2, -0.15) is 0 Å². The standard InChI is InChI=1S/C15H12F2N2O/c1-2-20-10-5-3-9(4-6-10)15-18-12-8-7-11(16)13(17)14(12)19-15/h3-8H,2H2,1H3,(H,18,19). The molecule has 0 spiro atoms. The summed E-state index contributed by atoms with van der Waals surface area (Å²) >= 11 is 0. The summed E-state index contributed by atoms with van der Waals surface area (Å²) in [5.41, 5.74) is 1.26. The van der Waals surface area contributed by atoms with Gasteiger partial charge in [0.2, 0.25) is 0 Å². The van der Waals surface area contributed by atoms with Crippen LogP contribution in [0.25, 0.3) is 22.4 Å². The second kappa shape index (κ2) is 4.92. The van der Waals surface area contributed by atoms with Crippen molar-refractivity contribution in [2.75, 3.05) is 6.61 Å². The number of H-pyrrole nitrogens is 1. The van der Waals surface area contributed by atoms with Crippen LogP contribution in [0.3, 0.4) is 0 Å². The number of ether oxygens (including phenoxy) is 1. The lowest BCUT2D eigenvalue weighted by atomic mass is 10.2. The van der Waals surface area contributed by atoms with Gasteiger partial charge in [0.25, 0.3) is 0 Å². The Hall–Kier alpha value is -2.43. The predicted molar refractivity (Wildman–Crippen MR) is 72.6 cm³/mol. The summed E-state index contributed by atoms with van der Waals surface area (Å²) in [7, 11) is 0. The largest absolute Gasteiger partial charge is 0.494 e. The third kappa shape index (κ3) is 2.11. The fraction of sp³-hybridized carbons (Fsp3) is 0.133. The van der Waals surface area contributed by atoms with Gasteiger partial charge in [0, 0.05) is 5.56 Å². The lowest BCUT2D eigenvalue weighted by Gasteiger charge is -2.02. The van der Waals surface area contributed by atoms with E-state index in [9.17, 15) is 8.78 Å². The van der Waals surface area contributed by atoms with Crippen LogP contribution in [0.1, 0.15) is 6.92 Å². The minimum Gasteiger partial charge on any atom is -0.494 e. The van der Waals surface area contributed by atoms with Crippen LogP contribution in [0.15, 0.2) is 36.4 Å². The highest BCUT2D eigenvalue weighted by Crippen LogP contribution is 2.25. The summed E-state index contributed by atoms with van der Waals surface area (Å²) in [4.78, 5) is 7.08. The van der Waals surface area contributed by atoms with Gasteiger partial charge in [0.1, 0.15) is 17.1 Å². The summed E-state index contributed by atoms with van der Waals surface area (Å²) in [5, 5.41) is 0. The van der Waals surface area contributed by atoms with E-state index in [1.165, 1.54) is 6.07 Å². The number of hydrogen-bond donors (Lipinski definition) is 1. The number of fused-ring (bicyclic) bond motifs is 1. The zero-order valence-corrected chi connectivity index (χ0v) is 10.8. The van der Waals surface area contributed by atoms with Crippen LogP contribution in [-0.4, -0.2) is 16.6 Å². The minimum absolute atomic E-state index is 0.00823. The van der Waals surface area contributed by atoms with Gasteiger partial charge in [0.05, 0.1) is 12.1 Å². The molecule has 0 saturated carbocycles. The molecule has 2 aromatic carbocycles. The van der Waals surface area contributed by atoms with Crippen molar-refractivity contribution in [3.63, 3.8) is 0 Å². The maximum Gasteiger partial charge on any atom is 0.186 e. The highest BCUT2D eigenvalue weighted by molar-refractivity contribution is 5.80. The van der Waals surface area contributed by atoms with Crippen molar-refractivity contribution in [2.24, 2.45) is 0 Å². The van der Waals surface area contributed by atoms with E-state index in [0.29, 0.717) is 17.9 Å².